The fraction of sp³-hybridized carbons (Fsp3) is 0.600. The van der Waals surface area contributed by atoms with Gasteiger partial charge in [0.05, 0.1) is 16.3 Å². The van der Waals surface area contributed by atoms with Gasteiger partial charge >= 0.3 is 0 Å². The minimum Gasteiger partial charge on any atom is -0.382 e. The third kappa shape index (κ3) is 2.83. The van der Waals surface area contributed by atoms with Crippen molar-refractivity contribution in [3.05, 3.63) is 24.3 Å². The van der Waals surface area contributed by atoms with Crippen LogP contribution in [0.2, 0.25) is 0 Å². The lowest BCUT2D eigenvalue weighted by Gasteiger charge is -2.47. The van der Waals surface area contributed by atoms with Crippen molar-refractivity contribution in [3.63, 3.8) is 0 Å². The van der Waals surface area contributed by atoms with E-state index in [0.717, 1.165) is 25.1 Å². The molecule has 1 aliphatic rings. The molecule has 0 bridgehead atoms. The Morgan fingerprint density at radius 1 is 1.25 bits per heavy atom. The van der Waals surface area contributed by atoms with E-state index in [9.17, 15) is 8.42 Å². The molecule has 0 amide bonds. The number of likely N-dealkylation sites (N-methyl/N-ethyl adjacent to an activating group) is 1. The summed E-state index contributed by atoms with van der Waals surface area (Å²) in [6.07, 6.45) is 3.57. The maximum atomic E-state index is 12.1. The van der Waals surface area contributed by atoms with Crippen molar-refractivity contribution in [2.24, 2.45) is 0 Å². The summed E-state index contributed by atoms with van der Waals surface area (Å²) < 4.78 is 24.2. The van der Waals surface area contributed by atoms with Gasteiger partial charge in [-0.25, -0.2) is 8.42 Å². The Labute approximate surface area is 122 Å². The first-order valence-electron chi connectivity index (χ1n) is 7.14. The van der Waals surface area contributed by atoms with E-state index >= 15 is 0 Å². The molecular formula is C15H24N2O2S. The van der Waals surface area contributed by atoms with E-state index in [2.05, 4.69) is 24.3 Å². The van der Waals surface area contributed by atoms with Crippen LogP contribution in [0, 0.1) is 0 Å². The molecule has 1 saturated carbocycles. The summed E-state index contributed by atoms with van der Waals surface area (Å²) in [5.74, 6) is 0.129. The fourth-order valence-corrected chi connectivity index (χ4v) is 3.74. The van der Waals surface area contributed by atoms with Crippen LogP contribution in [0.5, 0.6) is 0 Å². The van der Waals surface area contributed by atoms with Crippen LogP contribution in [0.15, 0.2) is 29.2 Å². The topological polar surface area (TPSA) is 49.4 Å². The van der Waals surface area contributed by atoms with E-state index in [1.54, 1.807) is 19.1 Å². The van der Waals surface area contributed by atoms with Gasteiger partial charge in [-0.3, -0.25) is 0 Å². The highest BCUT2D eigenvalue weighted by atomic mass is 32.2. The molecule has 0 atom stereocenters. The standard InChI is InChI=1S/C15H24N2O2S/c1-4-20(18,19)14-9-6-5-8-13(14)16-12-15(17(2)3)10-7-11-15/h5-6,8-9,16H,4,7,10-12H2,1-3H3. The van der Waals surface area contributed by atoms with E-state index in [0.29, 0.717) is 4.90 Å². The predicted molar refractivity (Wildman–Crippen MR) is 82.9 cm³/mol. The van der Waals surface area contributed by atoms with E-state index in [1.807, 2.05) is 12.1 Å². The summed E-state index contributed by atoms with van der Waals surface area (Å²) in [5.41, 5.74) is 0.894. The molecule has 112 valence electrons. The lowest BCUT2D eigenvalue weighted by Crippen LogP contribution is -2.54. The Balaban J connectivity index is 2.19. The van der Waals surface area contributed by atoms with Crippen LogP contribution < -0.4 is 5.32 Å². The van der Waals surface area contributed by atoms with Gasteiger partial charge in [0, 0.05) is 12.1 Å². The lowest BCUT2D eigenvalue weighted by atomic mass is 9.75. The van der Waals surface area contributed by atoms with Crippen LogP contribution in [0.3, 0.4) is 0 Å². The van der Waals surface area contributed by atoms with Crippen LogP contribution >= 0.6 is 0 Å². The summed E-state index contributed by atoms with van der Waals surface area (Å²) in [6.45, 7) is 2.47. The Morgan fingerprint density at radius 3 is 2.40 bits per heavy atom. The van der Waals surface area contributed by atoms with E-state index < -0.39 is 9.84 Å². The number of hydrogen-bond donors (Lipinski definition) is 1. The zero-order chi connectivity index (χ0) is 14.8. The monoisotopic (exact) mass is 296 g/mol. The van der Waals surface area contributed by atoms with Gasteiger partial charge in [0.1, 0.15) is 0 Å². The molecule has 5 heteroatoms. The average molecular weight is 296 g/mol. The Morgan fingerprint density at radius 2 is 1.90 bits per heavy atom. The summed E-state index contributed by atoms with van der Waals surface area (Å²) >= 11 is 0. The van der Waals surface area contributed by atoms with Crippen LogP contribution in [-0.2, 0) is 9.84 Å². The molecule has 20 heavy (non-hydrogen) atoms. The highest BCUT2D eigenvalue weighted by molar-refractivity contribution is 7.91. The number of benzene rings is 1. The van der Waals surface area contributed by atoms with Crippen LogP contribution in [0.1, 0.15) is 26.2 Å². The first-order chi connectivity index (χ1) is 9.41. The number of anilines is 1. The molecule has 0 aliphatic heterocycles. The summed E-state index contributed by atoms with van der Waals surface area (Å²) in [4.78, 5) is 2.66. The number of nitrogens with zero attached hydrogens (tertiary/aromatic N) is 1. The van der Waals surface area contributed by atoms with Gasteiger partial charge in [-0.05, 0) is 45.5 Å². The first kappa shape index (κ1) is 15.3. The van der Waals surface area contributed by atoms with Crippen LogP contribution in [-0.4, -0.2) is 45.2 Å². The highest BCUT2D eigenvalue weighted by Crippen LogP contribution is 2.36. The third-order valence-electron chi connectivity index (χ3n) is 4.44. The average Bonchev–Trinajstić information content (AvgIpc) is 2.37. The van der Waals surface area contributed by atoms with Crippen LogP contribution in [0.25, 0.3) is 0 Å². The SMILES string of the molecule is CCS(=O)(=O)c1ccccc1NCC1(N(C)C)CCC1. The second-order valence-corrected chi connectivity index (χ2v) is 7.97. The second kappa shape index (κ2) is 5.74. The van der Waals surface area contributed by atoms with Gasteiger partial charge < -0.3 is 10.2 Å². The molecule has 4 nitrogen and oxygen atoms in total. The molecule has 1 fully saturated rings. The first-order valence-corrected chi connectivity index (χ1v) is 8.80. The van der Waals surface area contributed by atoms with Crippen molar-refractivity contribution in [1.82, 2.24) is 4.90 Å². The van der Waals surface area contributed by atoms with Crippen molar-refractivity contribution < 1.29 is 8.42 Å². The van der Waals surface area contributed by atoms with Crippen molar-refractivity contribution in [2.75, 3.05) is 31.7 Å². The molecule has 0 aromatic heterocycles. The summed E-state index contributed by atoms with van der Waals surface area (Å²) in [5, 5.41) is 3.36. The fourth-order valence-electron chi connectivity index (χ4n) is 2.67. The highest BCUT2D eigenvalue weighted by Gasteiger charge is 2.38. The second-order valence-electron chi connectivity index (χ2n) is 5.73. The number of para-hydroxylation sites is 1. The van der Waals surface area contributed by atoms with Gasteiger partial charge in [0.15, 0.2) is 9.84 Å². The molecule has 1 aliphatic carbocycles. The van der Waals surface area contributed by atoms with E-state index in [1.165, 1.54) is 6.42 Å². The lowest BCUT2D eigenvalue weighted by molar-refractivity contribution is 0.0738. The summed E-state index contributed by atoms with van der Waals surface area (Å²) in [6, 6.07) is 7.19. The molecule has 0 saturated heterocycles. The van der Waals surface area contributed by atoms with Crippen molar-refractivity contribution in [1.29, 1.82) is 0 Å². The largest absolute Gasteiger partial charge is 0.382 e. The van der Waals surface area contributed by atoms with Gasteiger partial charge in [0.2, 0.25) is 0 Å². The molecule has 1 aromatic rings. The molecule has 2 rings (SSSR count). The van der Waals surface area contributed by atoms with Crippen LogP contribution in [0.4, 0.5) is 5.69 Å². The van der Waals surface area contributed by atoms with Crippen molar-refractivity contribution in [3.8, 4) is 0 Å². The van der Waals surface area contributed by atoms with Gasteiger partial charge in [-0.2, -0.15) is 0 Å². The number of hydrogen-bond acceptors (Lipinski definition) is 4. The predicted octanol–water partition coefficient (Wildman–Crippen LogP) is 2.38. The molecule has 0 radical (unpaired) electrons. The maximum absolute atomic E-state index is 12.1. The third-order valence-corrected chi connectivity index (χ3v) is 6.23. The molecule has 0 unspecified atom stereocenters. The van der Waals surface area contributed by atoms with E-state index in [4.69, 9.17) is 0 Å². The minimum absolute atomic E-state index is 0.129. The van der Waals surface area contributed by atoms with Crippen molar-refractivity contribution in [2.45, 2.75) is 36.6 Å². The molecule has 0 heterocycles. The van der Waals surface area contributed by atoms with Gasteiger partial charge in [0.25, 0.3) is 0 Å². The quantitative estimate of drug-likeness (QED) is 0.875. The van der Waals surface area contributed by atoms with E-state index in [-0.39, 0.29) is 11.3 Å². The Bertz CT molecular complexity index is 563. The van der Waals surface area contributed by atoms with Gasteiger partial charge in [-0.15, -0.1) is 0 Å². The Kier molecular flexibility index (Phi) is 4.39. The molecular weight excluding hydrogens is 272 g/mol. The normalized spacial score (nSPS) is 17.8. The molecule has 1 N–H and O–H groups in total. The molecule has 0 spiro atoms. The smallest absolute Gasteiger partial charge is 0.180 e. The number of nitrogens with one attached hydrogen (secondary N) is 1. The zero-order valence-electron chi connectivity index (χ0n) is 12.5. The zero-order valence-corrected chi connectivity index (χ0v) is 13.3. The van der Waals surface area contributed by atoms with Gasteiger partial charge in [-0.1, -0.05) is 19.1 Å². The molecule has 1 aromatic carbocycles. The summed E-state index contributed by atoms with van der Waals surface area (Å²) in [7, 11) is 1.00. The number of sulfone groups is 1. The maximum Gasteiger partial charge on any atom is 0.180 e. The minimum atomic E-state index is -3.18. The van der Waals surface area contributed by atoms with Crippen molar-refractivity contribution >= 4 is 15.5 Å². The number of rotatable bonds is 6. The Hall–Kier alpha value is -1.07.